The molecular formula is C20H20O4. The van der Waals surface area contributed by atoms with Crippen molar-refractivity contribution in [3.05, 3.63) is 71.3 Å². The van der Waals surface area contributed by atoms with Crippen molar-refractivity contribution in [2.45, 2.75) is 13.3 Å². The van der Waals surface area contributed by atoms with Crippen LogP contribution >= 0.6 is 0 Å². The lowest BCUT2D eigenvalue weighted by Crippen LogP contribution is -2.46. The summed E-state index contributed by atoms with van der Waals surface area (Å²) in [4.78, 5) is 24.5. The first-order valence-electron chi connectivity index (χ1n) is 8.08. The molecule has 0 aliphatic carbocycles. The Kier molecular flexibility index (Phi) is 4.76. The molecule has 0 unspecified atom stereocenters. The van der Waals surface area contributed by atoms with Crippen molar-refractivity contribution < 1.29 is 19.1 Å². The van der Waals surface area contributed by atoms with E-state index in [1.165, 1.54) is 0 Å². The van der Waals surface area contributed by atoms with Gasteiger partial charge in [0, 0.05) is 11.1 Å². The predicted octanol–water partition coefficient (Wildman–Crippen LogP) is 3.50. The smallest absolute Gasteiger partial charge is 0.338 e. The third-order valence-corrected chi connectivity index (χ3v) is 4.49. The van der Waals surface area contributed by atoms with E-state index in [4.69, 9.17) is 9.47 Å². The average Bonchev–Trinajstić information content (AvgIpc) is 2.61. The molecule has 0 saturated carbocycles. The maximum atomic E-state index is 12.3. The fourth-order valence-corrected chi connectivity index (χ4v) is 2.60. The zero-order valence-corrected chi connectivity index (χ0v) is 13.7. The van der Waals surface area contributed by atoms with E-state index >= 15 is 0 Å². The van der Waals surface area contributed by atoms with E-state index in [1.54, 1.807) is 36.4 Å². The number of ether oxygens (including phenoxy) is 2. The summed E-state index contributed by atoms with van der Waals surface area (Å²) < 4.78 is 10.6. The quantitative estimate of drug-likeness (QED) is 0.603. The van der Waals surface area contributed by atoms with Gasteiger partial charge >= 0.3 is 5.97 Å². The van der Waals surface area contributed by atoms with Crippen molar-refractivity contribution >= 4 is 11.8 Å². The highest BCUT2D eigenvalue weighted by Gasteiger charge is 2.38. The number of hydrogen-bond donors (Lipinski definition) is 0. The van der Waals surface area contributed by atoms with Crippen molar-refractivity contribution in [2.75, 3.05) is 19.8 Å². The second kappa shape index (κ2) is 6.97. The monoisotopic (exact) mass is 324 g/mol. The summed E-state index contributed by atoms with van der Waals surface area (Å²) in [5.74, 6) is -0.430. The number of esters is 1. The van der Waals surface area contributed by atoms with Gasteiger partial charge in [-0.05, 0) is 18.6 Å². The van der Waals surface area contributed by atoms with Gasteiger partial charge in [-0.1, -0.05) is 49.4 Å². The van der Waals surface area contributed by atoms with E-state index in [2.05, 4.69) is 6.92 Å². The van der Waals surface area contributed by atoms with Gasteiger partial charge < -0.3 is 9.47 Å². The summed E-state index contributed by atoms with van der Waals surface area (Å²) >= 11 is 0. The van der Waals surface area contributed by atoms with E-state index in [1.807, 2.05) is 18.2 Å². The summed E-state index contributed by atoms with van der Waals surface area (Å²) in [6.07, 6.45) is 0.921. The maximum Gasteiger partial charge on any atom is 0.338 e. The average molecular weight is 324 g/mol. The van der Waals surface area contributed by atoms with E-state index in [-0.39, 0.29) is 17.2 Å². The largest absolute Gasteiger partial charge is 0.461 e. The molecule has 4 heteroatoms. The lowest BCUT2D eigenvalue weighted by molar-refractivity contribution is -0.140. The molecule has 4 nitrogen and oxygen atoms in total. The van der Waals surface area contributed by atoms with Crippen molar-refractivity contribution in [1.29, 1.82) is 0 Å². The molecule has 0 bridgehead atoms. The van der Waals surface area contributed by atoms with Crippen LogP contribution in [0.2, 0.25) is 0 Å². The zero-order valence-electron chi connectivity index (χ0n) is 13.7. The van der Waals surface area contributed by atoms with Gasteiger partial charge in [0.05, 0.1) is 24.2 Å². The molecule has 1 saturated heterocycles. The second-order valence-electron chi connectivity index (χ2n) is 6.19. The van der Waals surface area contributed by atoms with Crippen LogP contribution in [0.3, 0.4) is 0 Å². The van der Waals surface area contributed by atoms with Crippen LogP contribution in [0.5, 0.6) is 0 Å². The molecule has 1 aliphatic heterocycles. The predicted molar refractivity (Wildman–Crippen MR) is 90.1 cm³/mol. The molecule has 0 aromatic heterocycles. The van der Waals surface area contributed by atoms with E-state index in [9.17, 15) is 9.59 Å². The Hall–Kier alpha value is -2.46. The SMILES string of the molecule is CCC1(COC(=O)c2ccc(C(=O)c3ccccc3)cc2)COC1. The lowest BCUT2D eigenvalue weighted by Gasteiger charge is -2.39. The minimum atomic E-state index is -0.367. The fourth-order valence-electron chi connectivity index (χ4n) is 2.60. The van der Waals surface area contributed by atoms with Crippen molar-refractivity contribution in [2.24, 2.45) is 5.41 Å². The number of carbonyl (C=O) groups is 2. The highest BCUT2D eigenvalue weighted by atomic mass is 16.5. The highest BCUT2D eigenvalue weighted by molar-refractivity contribution is 6.09. The first-order chi connectivity index (χ1) is 11.6. The molecule has 1 aliphatic rings. The summed E-state index contributed by atoms with van der Waals surface area (Å²) in [5.41, 5.74) is 1.60. The molecular weight excluding hydrogens is 304 g/mol. The standard InChI is InChI=1S/C20H20O4/c1-2-20(12-23-13-20)14-24-19(22)17-10-8-16(9-11-17)18(21)15-6-4-3-5-7-15/h3-11H,2,12-14H2,1H3. The Balaban J connectivity index is 1.64. The van der Waals surface area contributed by atoms with Gasteiger partial charge in [-0.25, -0.2) is 4.79 Å². The molecule has 1 fully saturated rings. The molecule has 2 aromatic carbocycles. The van der Waals surface area contributed by atoms with Gasteiger partial charge in [-0.3, -0.25) is 4.79 Å². The van der Waals surface area contributed by atoms with Gasteiger partial charge in [0.25, 0.3) is 0 Å². The zero-order chi connectivity index (χ0) is 17.0. The van der Waals surface area contributed by atoms with Crippen molar-refractivity contribution in [3.8, 4) is 0 Å². The van der Waals surface area contributed by atoms with E-state index in [0.29, 0.717) is 36.5 Å². The molecule has 0 radical (unpaired) electrons. The molecule has 24 heavy (non-hydrogen) atoms. The number of hydrogen-bond acceptors (Lipinski definition) is 4. The van der Waals surface area contributed by atoms with Crippen molar-refractivity contribution in [3.63, 3.8) is 0 Å². The second-order valence-corrected chi connectivity index (χ2v) is 6.19. The Morgan fingerprint density at radius 2 is 1.54 bits per heavy atom. The van der Waals surface area contributed by atoms with Crippen LogP contribution in [0, 0.1) is 5.41 Å². The maximum absolute atomic E-state index is 12.3. The third-order valence-electron chi connectivity index (χ3n) is 4.49. The summed E-state index contributed by atoms with van der Waals surface area (Å²) in [7, 11) is 0. The van der Waals surface area contributed by atoms with Crippen LogP contribution < -0.4 is 0 Å². The lowest BCUT2D eigenvalue weighted by atomic mass is 9.84. The number of benzene rings is 2. The summed E-state index contributed by atoms with van der Waals surface area (Å²) in [5, 5.41) is 0. The van der Waals surface area contributed by atoms with Crippen LogP contribution in [-0.2, 0) is 9.47 Å². The van der Waals surface area contributed by atoms with Crippen LogP contribution in [-0.4, -0.2) is 31.6 Å². The minimum Gasteiger partial charge on any atom is -0.461 e. The van der Waals surface area contributed by atoms with Gasteiger partial charge in [0.2, 0.25) is 0 Å². The Labute approximate surface area is 141 Å². The molecule has 0 amide bonds. The first-order valence-corrected chi connectivity index (χ1v) is 8.08. The molecule has 124 valence electrons. The van der Waals surface area contributed by atoms with Crippen molar-refractivity contribution in [1.82, 2.24) is 0 Å². The number of rotatable bonds is 6. The minimum absolute atomic E-state index is 0.0289. The molecule has 3 rings (SSSR count). The van der Waals surface area contributed by atoms with Crippen LogP contribution in [0.25, 0.3) is 0 Å². The van der Waals surface area contributed by atoms with E-state index in [0.717, 1.165) is 6.42 Å². The molecule has 1 heterocycles. The van der Waals surface area contributed by atoms with Crippen LogP contribution in [0.15, 0.2) is 54.6 Å². The van der Waals surface area contributed by atoms with Gasteiger partial charge in [-0.15, -0.1) is 0 Å². The van der Waals surface area contributed by atoms with Crippen LogP contribution in [0.1, 0.15) is 39.6 Å². The number of ketones is 1. The molecule has 0 N–H and O–H groups in total. The third kappa shape index (κ3) is 3.39. The first kappa shape index (κ1) is 16.4. The topological polar surface area (TPSA) is 52.6 Å². The molecule has 0 atom stereocenters. The Bertz CT molecular complexity index is 710. The summed E-state index contributed by atoms with van der Waals surface area (Å²) in [6.45, 7) is 3.72. The normalized spacial score (nSPS) is 15.4. The van der Waals surface area contributed by atoms with Gasteiger partial charge in [0.15, 0.2) is 5.78 Å². The molecule has 0 spiro atoms. The van der Waals surface area contributed by atoms with Gasteiger partial charge in [-0.2, -0.15) is 0 Å². The fraction of sp³-hybridized carbons (Fsp3) is 0.300. The van der Waals surface area contributed by atoms with E-state index < -0.39 is 0 Å². The summed E-state index contributed by atoms with van der Waals surface area (Å²) in [6, 6.07) is 15.7. The highest BCUT2D eigenvalue weighted by Crippen LogP contribution is 2.31. The Morgan fingerprint density at radius 3 is 2.08 bits per heavy atom. The van der Waals surface area contributed by atoms with Gasteiger partial charge in [0.1, 0.15) is 6.61 Å². The van der Waals surface area contributed by atoms with Crippen LogP contribution in [0.4, 0.5) is 0 Å². The number of carbonyl (C=O) groups excluding carboxylic acids is 2. The Morgan fingerprint density at radius 1 is 0.958 bits per heavy atom. The molecule has 2 aromatic rings.